The molecule has 0 aromatic carbocycles. The molecule has 12 N–H and O–H groups in total. The van der Waals surface area contributed by atoms with Crippen LogP contribution in [0.3, 0.4) is 0 Å². The predicted octanol–water partition coefficient (Wildman–Crippen LogP) is 9.94. The molecule has 3 aliphatic rings. The number of allylic oxidation sites excluding steroid dienone is 9. The second kappa shape index (κ2) is 53.6. The fourth-order valence-electron chi connectivity index (χ4n) is 12.0. The molecule has 91 heavy (non-hydrogen) atoms. The van der Waals surface area contributed by atoms with Crippen LogP contribution in [0, 0.1) is 0 Å². The van der Waals surface area contributed by atoms with Crippen LogP contribution in [-0.4, -0.2) is 193 Å². The number of hydrogen-bond donors (Lipinski definition) is 12. The van der Waals surface area contributed by atoms with Gasteiger partial charge in [0.25, 0.3) is 0 Å². The van der Waals surface area contributed by atoms with E-state index in [4.69, 9.17) is 28.4 Å². The second-order valence-corrected chi connectivity index (χ2v) is 25.7. The Labute approximate surface area is 547 Å². The Morgan fingerprint density at radius 1 is 0.407 bits per heavy atom. The number of carbonyl (C=O) groups is 1. The average Bonchev–Trinajstić information content (AvgIpc) is 0.871. The van der Waals surface area contributed by atoms with Gasteiger partial charge in [0.05, 0.1) is 38.6 Å². The molecular formula is C72H129NO18. The molecule has 0 aliphatic carbocycles. The lowest BCUT2D eigenvalue weighted by atomic mass is 9.96. The number of aliphatic hydroxyl groups is 11. The molecule has 17 atom stereocenters. The van der Waals surface area contributed by atoms with E-state index in [1.165, 1.54) is 161 Å². The van der Waals surface area contributed by atoms with Gasteiger partial charge in [-0.2, -0.15) is 0 Å². The molecule has 0 radical (unpaired) electrons. The third-order valence-corrected chi connectivity index (χ3v) is 17.8. The molecule has 0 spiro atoms. The fraction of sp³-hybridized carbons (Fsp3) is 0.847. The van der Waals surface area contributed by atoms with Gasteiger partial charge in [0.15, 0.2) is 18.9 Å². The van der Waals surface area contributed by atoms with Gasteiger partial charge in [-0.1, -0.05) is 254 Å². The van der Waals surface area contributed by atoms with E-state index in [2.05, 4.69) is 67.8 Å². The zero-order valence-electron chi connectivity index (χ0n) is 56.1. The van der Waals surface area contributed by atoms with Crippen LogP contribution in [0.4, 0.5) is 0 Å². The number of unbranched alkanes of at least 4 members (excludes halogenated alkanes) is 31. The van der Waals surface area contributed by atoms with Crippen molar-refractivity contribution < 1.29 is 89.4 Å². The molecule has 3 rings (SSSR count). The summed E-state index contributed by atoms with van der Waals surface area (Å²) in [6, 6.07) is -0.972. The van der Waals surface area contributed by atoms with Gasteiger partial charge in [0.2, 0.25) is 5.91 Å². The highest BCUT2D eigenvalue weighted by atomic mass is 16.8. The Bertz CT molecular complexity index is 1890. The Hall–Kier alpha value is -2.51. The SMILES string of the molecule is CC/C=C\C/C=C\C/C=C\C/C=C\CCCCCCCCCCCCCCCCCCCCCCC(=O)NC(COC1OC(CO)C(OC2OC(CO)C(OC3OC(CO)C(O)C(O)C3O)C(O)C2O)C(O)C1O)C(O)/C=C/CCCCCCCCCCCCC. The van der Waals surface area contributed by atoms with Crippen LogP contribution in [0.15, 0.2) is 60.8 Å². The summed E-state index contributed by atoms with van der Waals surface area (Å²) in [7, 11) is 0. The molecule has 3 aliphatic heterocycles. The minimum atomic E-state index is -1.98. The van der Waals surface area contributed by atoms with Gasteiger partial charge in [-0.3, -0.25) is 4.79 Å². The zero-order chi connectivity index (χ0) is 66.1. The fourth-order valence-corrected chi connectivity index (χ4v) is 12.0. The zero-order valence-corrected chi connectivity index (χ0v) is 56.1. The third kappa shape index (κ3) is 35.4. The summed E-state index contributed by atoms with van der Waals surface area (Å²) < 4.78 is 34.3. The first-order valence-electron chi connectivity index (χ1n) is 36.0. The molecular weight excluding hydrogens is 1170 g/mol. The van der Waals surface area contributed by atoms with Gasteiger partial charge < -0.3 is 89.9 Å². The van der Waals surface area contributed by atoms with E-state index < -0.39 is 124 Å². The van der Waals surface area contributed by atoms with Gasteiger partial charge in [-0.15, -0.1) is 0 Å². The first-order valence-corrected chi connectivity index (χ1v) is 36.0. The van der Waals surface area contributed by atoms with Crippen molar-refractivity contribution in [3.63, 3.8) is 0 Å². The monoisotopic (exact) mass is 1300 g/mol. The number of amides is 1. The number of carbonyl (C=O) groups excluding carboxylic acids is 1. The van der Waals surface area contributed by atoms with Crippen LogP contribution < -0.4 is 5.32 Å². The summed E-state index contributed by atoms with van der Waals surface area (Å²) in [6.45, 7) is 1.62. The minimum Gasteiger partial charge on any atom is -0.394 e. The van der Waals surface area contributed by atoms with E-state index in [9.17, 15) is 61.0 Å². The van der Waals surface area contributed by atoms with Crippen LogP contribution >= 0.6 is 0 Å². The van der Waals surface area contributed by atoms with Gasteiger partial charge in [0.1, 0.15) is 73.2 Å². The minimum absolute atomic E-state index is 0.244. The first kappa shape index (κ1) is 82.7. The van der Waals surface area contributed by atoms with Crippen molar-refractivity contribution in [2.24, 2.45) is 0 Å². The van der Waals surface area contributed by atoms with Crippen LogP contribution in [0.2, 0.25) is 0 Å². The molecule has 19 heteroatoms. The highest BCUT2D eigenvalue weighted by Crippen LogP contribution is 2.33. The summed E-state index contributed by atoms with van der Waals surface area (Å²) in [5.41, 5.74) is 0. The van der Waals surface area contributed by atoms with E-state index in [-0.39, 0.29) is 18.9 Å². The summed E-state index contributed by atoms with van der Waals surface area (Å²) in [5, 5.41) is 120. The number of ether oxygens (including phenoxy) is 6. The Balaban J connectivity index is 1.35. The predicted molar refractivity (Wildman–Crippen MR) is 355 cm³/mol. The maximum absolute atomic E-state index is 13.4. The standard InChI is InChI=1S/C72H129NO18/c1-3-5-7-9-11-13-15-17-18-19-20-21-22-23-24-25-26-27-28-29-30-31-32-33-34-35-36-38-40-42-44-46-48-50-60(78)73-55(56(77)49-47-45-43-41-39-37-16-14-12-10-8-6-4-2)54-86-70-66(84)63(81)68(58(52-75)88-70)91-72-67(85)64(82)69(59(53-76)89-72)90-71-65(83)62(80)61(79)57(51-74)87-71/h5,7,11,13,17-18,20-21,47,49,55-59,61-72,74-77,79-85H,3-4,6,8-10,12,14-16,19,22-46,48,50-54H2,1-2H3,(H,73,78)/b7-5-,13-11-,18-17-,21-20-,49-47+. The van der Waals surface area contributed by atoms with E-state index in [0.29, 0.717) is 6.42 Å². The number of rotatable bonds is 55. The van der Waals surface area contributed by atoms with Crippen LogP contribution in [-0.2, 0) is 33.2 Å². The Morgan fingerprint density at radius 3 is 1.19 bits per heavy atom. The molecule has 3 fully saturated rings. The Morgan fingerprint density at radius 2 is 0.758 bits per heavy atom. The van der Waals surface area contributed by atoms with Gasteiger partial charge in [0, 0.05) is 6.42 Å². The maximum Gasteiger partial charge on any atom is 0.220 e. The van der Waals surface area contributed by atoms with Gasteiger partial charge in [-0.25, -0.2) is 0 Å². The average molecular weight is 1300 g/mol. The maximum atomic E-state index is 13.4. The molecule has 0 aromatic heterocycles. The number of hydrogen-bond acceptors (Lipinski definition) is 18. The van der Waals surface area contributed by atoms with Crippen molar-refractivity contribution >= 4 is 5.91 Å². The summed E-state index contributed by atoms with van der Waals surface area (Å²) >= 11 is 0. The molecule has 3 saturated heterocycles. The first-order chi connectivity index (χ1) is 44.3. The smallest absolute Gasteiger partial charge is 0.220 e. The topological polar surface area (TPSA) is 307 Å². The normalized spacial score (nSPS) is 28.2. The third-order valence-electron chi connectivity index (χ3n) is 17.8. The second-order valence-electron chi connectivity index (χ2n) is 25.7. The van der Waals surface area contributed by atoms with Gasteiger partial charge >= 0.3 is 0 Å². The van der Waals surface area contributed by atoms with E-state index in [1.807, 2.05) is 6.08 Å². The van der Waals surface area contributed by atoms with E-state index in [0.717, 1.165) is 70.6 Å². The number of nitrogens with one attached hydrogen (secondary N) is 1. The quantitative estimate of drug-likeness (QED) is 0.0199. The largest absolute Gasteiger partial charge is 0.394 e. The molecule has 0 aromatic rings. The van der Waals surface area contributed by atoms with Crippen LogP contribution in [0.25, 0.3) is 0 Å². The van der Waals surface area contributed by atoms with E-state index in [1.54, 1.807) is 6.08 Å². The highest BCUT2D eigenvalue weighted by Gasteiger charge is 2.53. The summed E-state index contributed by atoms with van der Waals surface area (Å²) in [6.07, 6.45) is 39.3. The van der Waals surface area contributed by atoms with Crippen molar-refractivity contribution in [3.8, 4) is 0 Å². The van der Waals surface area contributed by atoms with Crippen LogP contribution in [0.1, 0.15) is 258 Å². The van der Waals surface area contributed by atoms with Crippen molar-refractivity contribution in [1.82, 2.24) is 5.32 Å². The lowest BCUT2D eigenvalue weighted by Gasteiger charge is -2.48. The van der Waals surface area contributed by atoms with Crippen LogP contribution in [0.5, 0.6) is 0 Å². The molecule has 19 nitrogen and oxygen atoms in total. The van der Waals surface area contributed by atoms with Crippen molar-refractivity contribution in [2.75, 3.05) is 26.4 Å². The van der Waals surface area contributed by atoms with Gasteiger partial charge in [-0.05, 0) is 57.8 Å². The molecule has 530 valence electrons. The molecule has 0 bridgehead atoms. The molecule has 0 saturated carbocycles. The highest BCUT2D eigenvalue weighted by molar-refractivity contribution is 5.76. The molecule has 17 unspecified atom stereocenters. The lowest BCUT2D eigenvalue weighted by Crippen LogP contribution is -2.66. The lowest BCUT2D eigenvalue weighted by molar-refractivity contribution is -0.379. The van der Waals surface area contributed by atoms with Crippen molar-refractivity contribution in [3.05, 3.63) is 60.8 Å². The Kier molecular flexibility index (Phi) is 48.7. The van der Waals surface area contributed by atoms with Crippen molar-refractivity contribution in [2.45, 2.75) is 362 Å². The summed E-state index contributed by atoms with van der Waals surface area (Å²) in [5.74, 6) is -0.274. The summed E-state index contributed by atoms with van der Waals surface area (Å²) in [4.78, 5) is 13.4. The molecule has 3 heterocycles. The van der Waals surface area contributed by atoms with Crippen molar-refractivity contribution in [1.29, 1.82) is 0 Å². The number of aliphatic hydroxyl groups excluding tert-OH is 11. The molecule has 1 amide bonds. The van der Waals surface area contributed by atoms with E-state index >= 15 is 0 Å².